The van der Waals surface area contributed by atoms with Gasteiger partial charge in [-0.05, 0) is 48.9 Å². The largest absolute Gasteiger partial charge is 0.497 e. The van der Waals surface area contributed by atoms with Gasteiger partial charge in [0.2, 0.25) is 10.0 Å². The molecule has 0 fully saturated rings. The van der Waals surface area contributed by atoms with Crippen molar-refractivity contribution in [3.8, 4) is 5.75 Å². The molecular weight excluding hydrogens is 406 g/mol. The molecule has 0 bridgehead atoms. The summed E-state index contributed by atoms with van der Waals surface area (Å²) in [6.07, 6.45) is 3.34. The highest BCUT2D eigenvalue weighted by molar-refractivity contribution is 7.89. The molecule has 0 amide bonds. The molecule has 9 heteroatoms. The Bertz CT molecular complexity index is 1120. The molecule has 1 heterocycles. The first-order chi connectivity index (χ1) is 14.4. The maximum Gasteiger partial charge on any atom is 0.338 e. The third-order valence-corrected chi connectivity index (χ3v) is 5.93. The Morgan fingerprint density at radius 1 is 1.20 bits per heavy atom. The Hall–Kier alpha value is -3.17. The molecule has 0 unspecified atom stereocenters. The number of carbonyl (C=O) groups excluding carboxylic acids is 1. The van der Waals surface area contributed by atoms with Crippen LogP contribution >= 0.6 is 0 Å². The lowest BCUT2D eigenvalue weighted by molar-refractivity contribution is 0.0526. The van der Waals surface area contributed by atoms with E-state index in [-0.39, 0.29) is 17.1 Å². The Kier molecular flexibility index (Phi) is 6.53. The SMILES string of the molecule is CCOC(=O)c1ccc(S(=O)(=O)N[C@@H](c2cccc(OC)c2)c2nccn2C)cc1. The minimum atomic E-state index is -3.92. The number of rotatable bonds is 8. The summed E-state index contributed by atoms with van der Waals surface area (Å²) in [5.41, 5.74) is 0.958. The van der Waals surface area contributed by atoms with E-state index in [9.17, 15) is 13.2 Å². The minimum absolute atomic E-state index is 0.0256. The predicted octanol–water partition coefficient (Wildman–Crippen LogP) is 2.67. The van der Waals surface area contributed by atoms with Crippen LogP contribution in [-0.2, 0) is 21.8 Å². The molecule has 0 aliphatic rings. The molecule has 1 N–H and O–H groups in total. The summed E-state index contributed by atoms with van der Waals surface area (Å²) < 4.78 is 40.8. The third-order valence-electron chi connectivity index (χ3n) is 4.49. The fraction of sp³-hybridized carbons (Fsp3) is 0.238. The summed E-state index contributed by atoms with van der Waals surface area (Å²) in [6.45, 7) is 1.95. The van der Waals surface area contributed by atoms with Crippen molar-refractivity contribution in [1.29, 1.82) is 0 Å². The third kappa shape index (κ3) is 4.69. The van der Waals surface area contributed by atoms with Crippen LogP contribution in [0.3, 0.4) is 0 Å². The van der Waals surface area contributed by atoms with Gasteiger partial charge in [0.05, 0.1) is 24.2 Å². The second kappa shape index (κ2) is 9.10. The van der Waals surface area contributed by atoms with E-state index in [1.165, 1.54) is 24.3 Å². The fourth-order valence-electron chi connectivity index (χ4n) is 2.95. The summed E-state index contributed by atoms with van der Waals surface area (Å²) in [6, 6.07) is 12.0. The van der Waals surface area contributed by atoms with Crippen molar-refractivity contribution < 1.29 is 22.7 Å². The highest BCUT2D eigenvalue weighted by atomic mass is 32.2. The van der Waals surface area contributed by atoms with Crippen LogP contribution in [0.4, 0.5) is 0 Å². The quantitative estimate of drug-likeness (QED) is 0.553. The van der Waals surface area contributed by atoms with Crippen molar-refractivity contribution in [3.05, 3.63) is 77.9 Å². The maximum atomic E-state index is 13.1. The van der Waals surface area contributed by atoms with E-state index in [2.05, 4.69) is 9.71 Å². The van der Waals surface area contributed by atoms with Crippen LogP contribution < -0.4 is 9.46 Å². The Morgan fingerprint density at radius 2 is 1.93 bits per heavy atom. The van der Waals surface area contributed by atoms with E-state index < -0.39 is 22.0 Å². The van der Waals surface area contributed by atoms with Crippen LogP contribution in [0.25, 0.3) is 0 Å². The number of esters is 1. The number of methoxy groups -OCH3 is 1. The van der Waals surface area contributed by atoms with Gasteiger partial charge in [-0.2, -0.15) is 4.72 Å². The zero-order valence-electron chi connectivity index (χ0n) is 16.9. The highest BCUT2D eigenvalue weighted by Gasteiger charge is 2.26. The van der Waals surface area contributed by atoms with Gasteiger partial charge in [-0.1, -0.05) is 12.1 Å². The van der Waals surface area contributed by atoms with Gasteiger partial charge in [0.15, 0.2) is 0 Å². The molecule has 3 rings (SSSR count). The van der Waals surface area contributed by atoms with Gasteiger partial charge < -0.3 is 14.0 Å². The van der Waals surface area contributed by atoms with Crippen molar-refractivity contribution in [2.45, 2.75) is 17.9 Å². The van der Waals surface area contributed by atoms with Crippen molar-refractivity contribution in [3.63, 3.8) is 0 Å². The molecule has 2 aromatic carbocycles. The second-order valence-electron chi connectivity index (χ2n) is 6.47. The van der Waals surface area contributed by atoms with E-state index >= 15 is 0 Å². The number of aryl methyl sites for hydroxylation is 1. The highest BCUT2D eigenvalue weighted by Crippen LogP contribution is 2.26. The number of imidazole rings is 1. The van der Waals surface area contributed by atoms with Gasteiger partial charge in [0.1, 0.15) is 17.6 Å². The monoisotopic (exact) mass is 429 g/mol. The van der Waals surface area contributed by atoms with Crippen molar-refractivity contribution >= 4 is 16.0 Å². The molecule has 0 aliphatic carbocycles. The van der Waals surface area contributed by atoms with Crippen LogP contribution in [0.15, 0.2) is 65.8 Å². The van der Waals surface area contributed by atoms with Crippen LogP contribution in [0.5, 0.6) is 5.75 Å². The summed E-state index contributed by atoms with van der Waals surface area (Å²) in [4.78, 5) is 16.2. The van der Waals surface area contributed by atoms with Crippen LogP contribution in [-0.4, -0.2) is 37.7 Å². The number of ether oxygens (including phenoxy) is 2. The summed E-state index contributed by atoms with van der Waals surface area (Å²) >= 11 is 0. The van der Waals surface area contributed by atoms with E-state index in [0.29, 0.717) is 17.1 Å². The summed E-state index contributed by atoms with van der Waals surface area (Å²) in [5, 5.41) is 0. The zero-order valence-corrected chi connectivity index (χ0v) is 17.7. The smallest absolute Gasteiger partial charge is 0.338 e. The average molecular weight is 429 g/mol. The van der Waals surface area contributed by atoms with E-state index in [1.54, 1.807) is 62.3 Å². The lowest BCUT2D eigenvalue weighted by Crippen LogP contribution is -2.31. The average Bonchev–Trinajstić information content (AvgIpc) is 3.18. The van der Waals surface area contributed by atoms with Crippen molar-refractivity contribution in [2.24, 2.45) is 7.05 Å². The summed E-state index contributed by atoms with van der Waals surface area (Å²) in [5.74, 6) is 0.622. The first-order valence-corrected chi connectivity index (χ1v) is 10.7. The number of nitrogens with zero attached hydrogens (tertiary/aromatic N) is 2. The molecule has 1 aromatic heterocycles. The molecule has 0 radical (unpaired) electrons. The van der Waals surface area contributed by atoms with E-state index in [0.717, 1.165) is 0 Å². The predicted molar refractivity (Wildman–Crippen MR) is 111 cm³/mol. The zero-order chi connectivity index (χ0) is 21.7. The molecule has 158 valence electrons. The molecule has 30 heavy (non-hydrogen) atoms. The Morgan fingerprint density at radius 3 is 2.53 bits per heavy atom. The molecule has 0 spiro atoms. The molecule has 0 saturated carbocycles. The summed E-state index contributed by atoms with van der Waals surface area (Å²) in [7, 11) is -0.586. The Balaban J connectivity index is 1.95. The van der Waals surface area contributed by atoms with Gasteiger partial charge in [0, 0.05) is 19.4 Å². The van der Waals surface area contributed by atoms with Gasteiger partial charge in [-0.3, -0.25) is 0 Å². The number of hydrogen-bond acceptors (Lipinski definition) is 6. The minimum Gasteiger partial charge on any atom is -0.497 e. The topological polar surface area (TPSA) is 99.5 Å². The van der Waals surface area contributed by atoms with Gasteiger partial charge >= 0.3 is 5.97 Å². The molecule has 8 nitrogen and oxygen atoms in total. The maximum absolute atomic E-state index is 13.1. The number of benzene rings is 2. The lowest BCUT2D eigenvalue weighted by Gasteiger charge is -2.20. The molecule has 0 saturated heterocycles. The van der Waals surface area contributed by atoms with E-state index in [1.807, 2.05) is 0 Å². The number of aromatic nitrogens is 2. The van der Waals surface area contributed by atoms with Crippen molar-refractivity contribution in [2.75, 3.05) is 13.7 Å². The number of sulfonamides is 1. The number of hydrogen-bond donors (Lipinski definition) is 1. The van der Waals surface area contributed by atoms with Gasteiger partial charge in [-0.25, -0.2) is 18.2 Å². The number of carbonyl (C=O) groups is 1. The first kappa shape index (κ1) is 21.5. The van der Waals surface area contributed by atoms with Crippen LogP contribution in [0.2, 0.25) is 0 Å². The Labute approximate surface area is 175 Å². The molecule has 3 aromatic rings. The molecule has 0 aliphatic heterocycles. The second-order valence-corrected chi connectivity index (χ2v) is 8.19. The first-order valence-electron chi connectivity index (χ1n) is 9.26. The van der Waals surface area contributed by atoms with Crippen LogP contribution in [0.1, 0.15) is 34.7 Å². The number of nitrogens with one attached hydrogen (secondary N) is 1. The van der Waals surface area contributed by atoms with Crippen molar-refractivity contribution in [1.82, 2.24) is 14.3 Å². The van der Waals surface area contributed by atoms with E-state index in [4.69, 9.17) is 9.47 Å². The fourth-order valence-corrected chi connectivity index (χ4v) is 4.14. The van der Waals surface area contributed by atoms with Gasteiger partial charge in [0.25, 0.3) is 0 Å². The van der Waals surface area contributed by atoms with Crippen LogP contribution in [0, 0.1) is 0 Å². The molecule has 1 atom stereocenters. The molecular formula is C21H23N3O5S. The lowest BCUT2D eigenvalue weighted by atomic mass is 10.1. The van der Waals surface area contributed by atoms with Gasteiger partial charge in [-0.15, -0.1) is 0 Å². The normalized spacial score (nSPS) is 12.4. The standard InChI is InChI=1S/C21H23N3O5S/c1-4-29-21(25)15-8-10-18(11-9-15)30(26,27)23-19(20-22-12-13-24(20)2)16-6-5-7-17(14-16)28-3/h5-14,19,23H,4H2,1-3H3/t19-/m0/s1.